The first kappa shape index (κ1) is 15.8. The predicted molar refractivity (Wildman–Crippen MR) is 87.4 cm³/mol. The highest BCUT2D eigenvalue weighted by atomic mass is 16.5. The quantitative estimate of drug-likeness (QED) is 0.937. The molecule has 24 heavy (non-hydrogen) atoms. The highest BCUT2D eigenvalue weighted by Gasteiger charge is 2.26. The minimum Gasteiger partial charge on any atom is -0.495 e. The minimum atomic E-state index is -1.23. The molecule has 6 nitrogen and oxygen atoms in total. The number of methoxy groups -OCH3 is 1. The van der Waals surface area contributed by atoms with Gasteiger partial charge in [0.15, 0.2) is 5.43 Å². The summed E-state index contributed by atoms with van der Waals surface area (Å²) < 4.78 is 7.10. The average molecular weight is 324 g/mol. The Morgan fingerprint density at radius 3 is 2.79 bits per heavy atom. The minimum absolute atomic E-state index is 0.0335. The smallest absolute Gasteiger partial charge is 0.341 e. The van der Waals surface area contributed by atoms with E-state index in [1.54, 1.807) is 12.1 Å². The van der Waals surface area contributed by atoms with Crippen LogP contribution in [0.3, 0.4) is 0 Å². The van der Waals surface area contributed by atoms with Crippen LogP contribution in [0.2, 0.25) is 0 Å². The third-order valence-corrected chi connectivity index (χ3v) is 4.45. The number of fused-ring (bicyclic) bond motifs is 3. The molecule has 1 atom stereocenters. The number of carboxylic acids is 1. The van der Waals surface area contributed by atoms with Gasteiger partial charge in [-0.15, -0.1) is 0 Å². The maximum absolute atomic E-state index is 12.1. The molecule has 122 valence electrons. The first-order chi connectivity index (χ1) is 11.5. The number of benzene rings is 1. The summed E-state index contributed by atoms with van der Waals surface area (Å²) in [5.74, 6) is -0.791. The van der Waals surface area contributed by atoms with Crippen LogP contribution in [0.15, 0.2) is 29.2 Å². The van der Waals surface area contributed by atoms with Crippen molar-refractivity contribution in [1.29, 1.82) is 5.26 Å². The molecule has 0 spiro atoms. The van der Waals surface area contributed by atoms with Crippen LogP contribution in [0.1, 0.15) is 40.9 Å². The van der Waals surface area contributed by atoms with Crippen molar-refractivity contribution in [1.82, 2.24) is 4.57 Å². The summed E-state index contributed by atoms with van der Waals surface area (Å²) in [7, 11) is 1.49. The molecule has 0 aliphatic carbocycles. The predicted octanol–water partition coefficient (Wildman–Crippen LogP) is 2.60. The average Bonchev–Trinajstić information content (AvgIpc) is 2.58. The van der Waals surface area contributed by atoms with Gasteiger partial charge in [0.2, 0.25) is 0 Å². The highest BCUT2D eigenvalue weighted by Crippen LogP contribution is 2.38. The standard InChI is InChI=1S/C18H16N2O4/c1-3-12-5-10-4-11(8-19)17(24-2)6-13(10)15-7-16(21)14(18(22)23)9-20(12)15/h4,6-7,9,12H,3,5H2,1-2H3,(H,22,23). The number of nitrogens with zero attached hydrogens (tertiary/aromatic N) is 2. The number of ether oxygens (including phenoxy) is 1. The lowest BCUT2D eigenvalue weighted by atomic mass is 9.89. The zero-order valence-corrected chi connectivity index (χ0v) is 13.4. The number of carboxylic acid groups (broad SMARTS) is 1. The summed E-state index contributed by atoms with van der Waals surface area (Å²) in [6.45, 7) is 2.01. The molecular formula is C18H16N2O4. The van der Waals surface area contributed by atoms with Gasteiger partial charge in [0.25, 0.3) is 0 Å². The van der Waals surface area contributed by atoms with Gasteiger partial charge in [0, 0.05) is 23.9 Å². The fourth-order valence-electron chi connectivity index (χ4n) is 3.21. The number of pyridine rings is 1. The van der Waals surface area contributed by atoms with Crippen molar-refractivity contribution in [3.63, 3.8) is 0 Å². The van der Waals surface area contributed by atoms with Crippen molar-refractivity contribution < 1.29 is 14.6 Å². The topological polar surface area (TPSA) is 92.3 Å². The Morgan fingerprint density at radius 1 is 1.46 bits per heavy atom. The Morgan fingerprint density at radius 2 is 2.21 bits per heavy atom. The third-order valence-electron chi connectivity index (χ3n) is 4.45. The lowest BCUT2D eigenvalue weighted by molar-refractivity contribution is 0.0694. The Hall–Kier alpha value is -3.07. The number of rotatable bonds is 3. The van der Waals surface area contributed by atoms with Crippen LogP contribution < -0.4 is 10.2 Å². The Kier molecular flexibility index (Phi) is 3.86. The summed E-state index contributed by atoms with van der Waals surface area (Å²) in [4.78, 5) is 23.4. The molecule has 6 heteroatoms. The van der Waals surface area contributed by atoms with E-state index < -0.39 is 11.4 Å². The molecular weight excluding hydrogens is 308 g/mol. The normalized spacial score (nSPS) is 15.1. The Labute approximate surface area is 138 Å². The van der Waals surface area contributed by atoms with E-state index in [1.165, 1.54) is 19.4 Å². The number of carbonyl (C=O) groups is 1. The van der Waals surface area contributed by atoms with Crippen molar-refractivity contribution in [3.05, 3.63) is 51.3 Å². The molecule has 0 saturated carbocycles. The van der Waals surface area contributed by atoms with Crippen LogP contribution in [-0.4, -0.2) is 22.8 Å². The van der Waals surface area contributed by atoms with Gasteiger partial charge < -0.3 is 14.4 Å². The first-order valence-electron chi connectivity index (χ1n) is 7.61. The number of aromatic nitrogens is 1. The summed E-state index contributed by atoms with van der Waals surface area (Å²) in [5.41, 5.74) is 2.09. The van der Waals surface area contributed by atoms with Crippen LogP contribution >= 0.6 is 0 Å². The molecule has 1 aromatic heterocycles. The molecule has 0 amide bonds. The van der Waals surface area contributed by atoms with E-state index in [2.05, 4.69) is 6.07 Å². The maximum atomic E-state index is 12.1. The molecule has 1 unspecified atom stereocenters. The van der Waals surface area contributed by atoms with Gasteiger partial charge in [-0.1, -0.05) is 6.92 Å². The van der Waals surface area contributed by atoms with Crippen LogP contribution in [0, 0.1) is 11.3 Å². The molecule has 1 aliphatic rings. The van der Waals surface area contributed by atoms with E-state index >= 15 is 0 Å². The summed E-state index contributed by atoms with van der Waals surface area (Å²) in [6, 6.07) is 7.04. The van der Waals surface area contributed by atoms with E-state index in [0.717, 1.165) is 17.5 Å². The molecule has 0 bridgehead atoms. The van der Waals surface area contributed by atoms with E-state index in [1.807, 2.05) is 11.5 Å². The second-order valence-corrected chi connectivity index (χ2v) is 5.74. The van der Waals surface area contributed by atoms with Gasteiger partial charge in [-0.3, -0.25) is 4.79 Å². The largest absolute Gasteiger partial charge is 0.495 e. The van der Waals surface area contributed by atoms with E-state index in [4.69, 9.17) is 4.74 Å². The monoisotopic (exact) mass is 324 g/mol. The van der Waals surface area contributed by atoms with Crippen LogP contribution in [-0.2, 0) is 6.42 Å². The molecule has 3 rings (SSSR count). The molecule has 0 saturated heterocycles. The molecule has 0 radical (unpaired) electrons. The van der Waals surface area contributed by atoms with E-state index in [0.29, 0.717) is 23.4 Å². The van der Waals surface area contributed by atoms with Gasteiger partial charge in [-0.25, -0.2) is 4.79 Å². The molecule has 1 aliphatic heterocycles. The van der Waals surface area contributed by atoms with Crippen molar-refractivity contribution in [2.24, 2.45) is 0 Å². The van der Waals surface area contributed by atoms with Gasteiger partial charge >= 0.3 is 5.97 Å². The molecule has 1 aromatic carbocycles. The number of aromatic carboxylic acids is 1. The second kappa shape index (κ2) is 5.85. The number of hydrogen-bond donors (Lipinski definition) is 1. The third kappa shape index (κ3) is 2.35. The fourth-order valence-corrected chi connectivity index (χ4v) is 3.21. The molecule has 2 aromatic rings. The summed E-state index contributed by atoms with van der Waals surface area (Å²) in [6.07, 6.45) is 2.86. The molecule has 0 fully saturated rings. The highest BCUT2D eigenvalue weighted by molar-refractivity contribution is 5.87. The van der Waals surface area contributed by atoms with Crippen molar-refractivity contribution in [2.45, 2.75) is 25.8 Å². The van der Waals surface area contributed by atoms with Crippen molar-refractivity contribution >= 4 is 5.97 Å². The SMILES string of the molecule is CCC1Cc2cc(C#N)c(OC)cc2-c2cc(=O)c(C(=O)O)cn21. The number of hydrogen-bond acceptors (Lipinski definition) is 4. The second-order valence-electron chi connectivity index (χ2n) is 5.74. The van der Waals surface area contributed by atoms with Crippen LogP contribution in [0.25, 0.3) is 11.3 Å². The zero-order chi connectivity index (χ0) is 17.4. The first-order valence-corrected chi connectivity index (χ1v) is 7.61. The molecule has 2 heterocycles. The van der Waals surface area contributed by atoms with Gasteiger partial charge in [-0.2, -0.15) is 5.26 Å². The van der Waals surface area contributed by atoms with Gasteiger partial charge in [0.1, 0.15) is 17.4 Å². The Balaban J connectivity index is 2.32. The van der Waals surface area contributed by atoms with E-state index in [9.17, 15) is 20.0 Å². The van der Waals surface area contributed by atoms with E-state index in [-0.39, 0.29) is 11.6 Å². The summed E-state index contributed by atoms with van der Waals surface area (Å²) in [5, 5.41) is 18.5. The zero-order valence-electron chi connectivity index (χ0n) is 13.4. The molecule has 1 N–H and O–H groups in total. The maximum Gasteiger partial charge on any atom is 0.341 e. The summed E-state index contributed by atoms with van der Waals surface area (Å²) >= 11 is 0. The van der Waals surface area contributed by atoms with Crippen LogP contribution in [0.5, 0.6) is 5.75 Å². The van der Waals surface area contributed by atoms with Crippen molar-refractivity contribution in [3.8, 4) is 23.1 Å². The number of nitriles is 1. The van der Waals surface area contributed by atoms with Crippen molar-refractivity contribution in [2.75, 3.05) is 7.11 Å². The fraction of sp³-hybridized carbons (Fsp3) is 0.278. The lowest BCUT2D eigenvalue weighted by Crippen LogP contribution is -2.25. The lowest BCUT2D eigenvalue weighted by Gasteiger charge is -2.30. The Bertz CT molecular complexity index is 937. The van der Waals surface area contributed by atoms with Crippen LogP contribution in [0.4, 0.5) is 0 Å². The van der Waals surface area contributed by atoms with Gasteiger partial charge in [-0.05, 0) is 30.5 Å². The van der Waals surface area contributed by atoms with Gasteiger partial charge in [0.05, 0.1) is 18.4 Å².